The predicted octanol–water partition coefficient (Wildman–Crippen LogP) is 2.29. The number of aryl methyl sites for hydroxylation is 1. The van der Waals surface area contributed by atoms with Crippen molar-refractivity contribution in [3.63, 3.8) is 0 Å². The molecule has 0 atom stereocenters. The van der Waals surface area contributed by atoms with Crippen LogP contribution in [0.1, 0.15) is 16.8 Å². The van der Waals surface area contributed by atoms with Gasteiger partial charge in [-0.15, -0.1) is 11.3 Å². The largest absolute Gasteiger partial charge is 0.252 e. The average Bonchev–Trinajstić information content (AvgIpc) is 2.95. The molecule has 2 heterocycles. The van der Waals surface area contributed by atoms with Crippen LogP contribution in [-0.4, -0.2) is 18.4 Å². The molecule has 0 saturated carbocycles. The van der Waals surface area contributed by atoms with Crippen LogP contribution in [-0.2, 0) is 23.0 Å². The molecule has 0 fully saturated rings. The van der Waals surface area contributed by atoms with E-state index in [0.717, 1.165) is 27.6 Å². The first-order valence-corrected chi connectivity index (χ1v) is 8.55. The normalized spacial score (nSPS) is 11.9. The highest BCUT2D eigenvalue weighted by Crippen LogP contribution is 2.22. The SMILES string of the molecule is CCc1cnc(CNS(=O)(=O)c2cnc(Cl)s2)s1. The van der Waals surface area contributed by atoms with E-state index < -0.39 is 10.0 Å². The number of rotatable bonds is 5. The van der Waals surface area contributed by atoms with Gasteiger partial charge in [-0.05, 0) is 6.42 Å². The summed E-state index contributed by atoms with van der Waals surface area (Å²) in [5.74, 6) is 0. The topological polar surface area (TPSA) is 72.0 Å². The van der Waals surface area contributed by atoms with Gasteiger partial charge >= 0.3 is 0 Å². The number of hydrogen-bond donors (Lipinski definition) is 1. The zero-order valence-corrected chi connectivity index (χ0v) is 12.6. The molecule has 0 amide bonds. The predicted molar refractivity (Wildman–Crippen MR) is 72.6 cm³/mol. The third kappa shape index (κ3) is 3.27. The van der Waals surface area contributed by atoms with Crippen molar-refractivity contribution in [2.75, 3.05) is 0 Å². The zero-order chi connectivity index (χ0) is 13.2. The highest BCUT2D eigenvalue weighted by molar-refractivity contribution is 7.91. The van der Waals surface area contributed by atoms with Crippen LogP contribution in [0.4, 0.5) is 0 Å². The summed E-state index contributed by atoms with van der Waals surface area (Å²) in [6, 6.07) is 0. The molecule has 0 spiro atoms. The lowest BCUT2D eigenvalue weighted by Gasteiger charge is -2.01. The van der Waals surface area contributed by atoms with Crippen LogP contribution in [0.25, 0.3) is 0 Å². The number of nitrogens with zero attached hydrogens (tertiary/aromatic N) is 2. The second-order valence-corrected chi connectivity index (χ2v) is 8.14. The van der Waals surface area contributed by atoms with E-state index in [1.165, 1.54) is 17.5 Å². The van der Waals surface area contributed by atoms with Crippen molar-refractivity contribution < 1.29 is 8.42 Å². The lowest BCUT2D eigenvalue weighted by atomic mass is 10.4. The number of thiazole rings is 2. The van der Waals surface area contributed by atoms with Gasteiger partial charge in [0, 0.05) is 11.1 Å². The molecular formula is C9H10ClN3O2S3. The Bertz CT molecular complexity index is 635. The number of aromatic nitrogens is 2. The summed E-state index contributed by atoms with van der Waals surface area (Å²) in [6.45, 7) is 2.21. The minimum atomic E-state index is -3.55. The van der Waals surface area contributed by atoms with Crippen LogP contribution >= 0.6 is 34.3 Å². The van der Waals surface area contributed by atoms with Gasteiger partial charge in [0.25, 0.3) is 10.0 Å². The van der Waals surface area contributed by atoms with Gasteiger partial charge in [-0.25, -0.2) is 23.1 Å². The van der Waals surface area contributed by atoms with E-state index >= 15 is 0 Å². The molecule has 2 aromatic heterocycles. The summed E-state index contributed by atoms with van der Waals surface area (Å²) >= 11 is 8.03. The molecule has 0 unspecified atom stereocenters. The first kappa shape index (κ1) is 13.9. The van der Waals surface area contributed by atoms with Crippen LogP contribution in [0.2, 0.25) is 4.47 Å². The molecule has 0 bridgehead atoms. The molecule has 98 valence electrons. The van der Waals surface area contributed by atoms with Gasteiger partial charge in [0.1, 0.15) is 5.01 Å². The van der Waals surface area contributed by atoms with E-state index in [9.17, 15) is 8.42 Å². The minimum absolute atomic E-state index is 0.111. The Morgan fingerprint density at radius 2 is 2.11 bits per heavy atom. The maximum atomic E-state index is 11.9. The molecule has 0 aromatic carbocycles. The van der Waals surface area contributed by atoms with Gasteiger partial charge in [-0.3, -0.25) is 0 Å². The molecule has 18 heavy (non-hydrogen) atoms. The monoisotopic (exact) mass is 323 g/mol. The molecule has 5 nitrogen and oxygen atoms in total. The van der Waals surface area contributed by atoms with Crippen molar-refractivity contribution >= 4 is 44.3 Å². The Labute approximate surface area is 118 Å². The van der Waals surface area contributed by atoms with E-state index in [-0.39, 0.29) is 15.2 Å². The Kier molecular flexibility index (Phi) is 4.33. The fraction of sp³-hybridized carbons (Fsp3) is 0.333. The lowest BCUT2D eigenvalue weighted by molar-refractivity contribution is 0.583. The second kappa shape index (κ2) is 5.62. The standard InChI is InChI=1S/C9H10ClN3O2S3/c1-2-6-3-11-7(16-6)4-13-18(14,15)8-5-12-9(10)17-8/h3,5,13H,2,4H2,1H3. The summed E-state index contributed by atoms with van der Waals surface area (Å²) < 4.78 is 26.5. The molecule has 0 radical (unpaired) electrons. The maximum absolute atomic E-state index is 11.9. The van der Waals surface area contributed by atoms with E-state index in [2.05, 4.69) is 14.7 Å². The fourth-order valence-electron chi connectivity index (χ4n) is 1.18. The Hall–Kier alpha value is -0.540. The third-order valence-corrected chi connectivity index (χ3v) is 6.20. The smallest absolute Gasteiger partial charge is 0.248 e. The van der Waals surface area contributed by atoms with Crippen LogP contribution < -0.4 is 4.72 Å². The highest BCUT2D eigenvalue weighted by atomic mass is 35.5. The molecule has 0 aliphatic rings. The molecule has 0 aliphatic heterocycles. The van der Waals surface area contributed by atoms with Crippen LogP contribution in [0, 0.1) is 0 Å². The molecule has 0 aliphatic carbocycles. The summed E-state index contributed by atoms with van der Waals surface area (Å²) in [4.78, 5) is 8.98. The number of sulfonamides is 1. The van der Waals surface area contributed by atoms with Gasteiger partial charge in [0.2, 0.25) is 0 Å². The van der Waals surface area contributed by atoms with Crippen molar-refractivity contribution in [1.29, 1.82) is 0 Å². The average molecular weight is 324 g/mol. The van der Waals surface area contributed by atoms with Crippen molar-refractivity contribution in [2.24, 2.45) is 0 Å². The van der Waals surface area contributed by atoms with Crippen LogP contribution in [0.5, 0.6) is 0 Å². The quantitative estimate of drug-likeness (QED) is 0.916. The minimum Gasteiger partial charge on any atom is -0.248 e. The van der Waals surface area contributed by atoms with Gasteiger partial charge < -0.3 is 0 Å². The second-order valence-electron chi connectivity index (χ2n) is 3.33. The Balaban J connectivity index is 2.05. The Morgan fingerprint density at radius 3 is 2.67 bits per heavy atom. The summed E-state index contributed by atoms with van der Waals surface area (Å²) in [5, 5.41) is 0.742. The van der Waals surface area contributed by atoms with Crippen LogP contribution in [0.15, 0.2) is 16.6 Å². The van der Waals surface area contributed by atoms with E-state index in [0.29, 0.717) is 0 Å². The van der Waals surface area contributed by atoms with E-state index in [1.54, 1.807) is 6.20 Å². The molecule has 9 heteroatoms. The van der Waals surface area contributed by atoms with Gasteiger partial charge in [-0.1, -0.05) is 29.9 Å². The lowest BCUT2D eigenvalue weighted by Crippen LogP contribution is -2.22. The van der Waals surface area contributed by atoms with Gasteiger partial charge in [0.05, 0.1) is 12.7 Å². The van der Waals surface area contributed by atoms with E-state index in [1.807, 2.05) is 6.92 Å². The van der Waals surface area contributed by atoms with Crippen molar-refractivity contribution in [3.05, 3.63) is 26.7 Å². The van der Waals surface area contributed by atoms with E-state index in [4.69, 9.17) is 11.6 Å². The number of hydrogen-bond acceptors (Lipinski definition) is 6. The molecule has 2 rings (SSSR count). The van der Waals surface area contributed by atoms with Crippen molar-refractivity contribution in [2.45, 2.75) is 24.1 Å². The highest BCUT2D eigenvalue weighted by Gasteiger charge is 2.17. The zero-order valence-electron chi connectivity index (χ0n) is 9.38. The fourth-order valence-corrected chi connectivity index (χ4v) is 4.40. The molecule has 0 saturated heterocycles. The summed E-state index contributed by atoms with van der Waals surface area (Å²) in [7, 11) is -3.55. The molecular weight excluding hydrogens is 314 g/mol. The third-order valence-electron chi connectivity index (χ3n) is 2.08. The van der Waals surface area contributed by atoms with Gasteiger partial charge in [-0.2, -0.15) is 0 Å². The van der Waals surface area contributed by atoms with Gasteiger partial charge in [0.15, 0.2) is 8.68 Å². The van der Waals surface area contributed by atoms with Crippen molar-refractivity contribution in [3.8, 4) is 0 Å². The summed E-state index contributed by atoms with van der Waals surface area (Å²) in [5.41, 5.74) is 0. The molecule has 1 N–H and O–H groups in total. The summed E-state index contributed by atoms with van der Waals surface area (Å²) in [6.07, 6.45) is 3.90. The van der Waals surface area contributed by atoms with Crippen molar-refractivity contribution in [1.82, 2.24) is 14.7 Å². The number of halogens is 1. The number of nitrogens with one attached hydrogen (secondary N) is 1. The van der Waals surface area contributed by atoms with Crippen LogP contribution in [0.3, 0.4) is 0 Å². The maximum Gasteiger partial charge on any atom is 0.252 e. The molecule has 2 aromatic rings. The first-order chi connectivity index (χ1) is 8.51. The Morgan fingerprint density at radius 1 is 1.33 bits per heavy atom. The first-order valence-electron chi connectivity index (χ1n) is 5.06.